The molecule has 0 atom stereocenters. The highest BCUT2D eigenvalue weighted by molar-refractivity contribution is 5.94. The number of ether oxygens (including phenoxy) is 1. The minimum atomic E-state index is -0.469. The molecule has 1 heterocycles. The monoisotopic (exact) mass is 261 g/mol. The summed E-state index contributed by atoms with van der Waals surface area (Å²) in [5, 5.41) is 8.79. The first kappa shape index (κ1) is 14.6. The third kappa shape index (κ3) is 3.78. The lowest BCUT2D eigenvalue weighted by molar-refractivity contribution is -0.143. The Morgan fingerprint density at radius 1 is 1.47 bits per heavy atom. The smallest absolute Gasteiger partial charge is 0.325 e. The molecule has 100 valence electrons. The van der Waals surface area contributed by atoms with E-state index in [4.69, 9.17) is 10.00 Å². The highest BCUT2D eigenvalue weighted by Crippen LogP contribution is 2.07. The van der Waals surface area contributed by atoms with E-state index in [-0.39, 0.29) is 24.8 Å². The van der Waals surface area contributed by atoms with Gasteiger partial charge in [-0.1, -0.05) is 0 Å². The fourth-order valence-electron chi connectivity index (χ4n) is 1.47. The number of hydrogen-bond donors (Lipinski definition) is 0. The standard InChI is InChI=1S/C13H15N3O3/c1-4-19-12(17)8-16(3)13(18)11-6-5-10(7-14)9(2)15-11/h5-6H,4,8H2,1-3H3. The number of hydrogen-bond acceptors (Lipinski definition) is 5. The lowest BCUT2D eigenvalue weighted by Crippen LogP contribution is -2.33. The molecule has 0 aliphatic rings. The van der Waals surface area contributed by atoms with Gasteiger partial charge in [-0.25, -0.2) is 4.98 Å². The van der Waals surface area contributed by atoms with Gasteiger partial charge >= 0.3 is 5.97 Å². The van der Waals surface area contributed by atoms with Crippen LogP contribution in [0, 0.1) is 18.3 Å². The topological polar surface area (TPSA) is 83.3 Å². The highest BCUT2D eigenvalue weighted by Gasteiger charge is 2.17. The van der Waals surface area contributed by atoms with E-state index in [1.165, 1.54) is 24.1 Å². The number of carbonyl (C=O) groups excluding carboxylic acids is 2. The van der Waals surface area contributed by atoms with E-state index in [1.54, 1.807) is 13.8 Å². The Balaban J connectivity index is 2.80. The molecule has 0 N–H and O–H groups in total. The van der Waals surface area contributed by atoms with Crippen LogP contribution in [-0.4, -0.2) is 42.0 Å². The van der Waals surface area contributed by atoms with Crippen LogP contribution in [-0.2, 0) is 9.53 Å². The first-order valence-corrected chi connectivity index (χ1v) is 5.78. The average molecular weight is 261 g/mol. The molecule has 0 unspecified atom stereocenters. The fourth-order valence-corrected chi connectivity index (χ4v) is 1.47. The maximum atomic E-state index is 12.0. The summed E-state index contributed by atoms with van der Waals surface area (Å²) in [4.78, 5) is 28.6. The molecule has 1 aromatic rings. The fraction of sp³-hybridized carbons (Fsp3) is 0.385. The van der Waals surface area contributed by atoms with Gasteiger partial charge < -0.3 is 9.64 Å². The molecule has 1 rings (SSSR count). The second-order valence-corrected chi connectivity index (χ2v) is 3.91. The average Bonchev–Trinajstić information content (AvgIpc) is 2.37. The number of nitrogens with zero attached hydrogens (tertiary/aromatic N) is 3. The predicted molar refractivity (Wildman–Crippen MR) is 67.3 cm³/mol. The van der Waals surface area contributed by atoms with Crippen LogP contribution in [0.2, 0.25) is 0 Å². The van der Waals surface area contributed by atoms with Crippen LogP contribution in [0.5, 0.6) is 0 Å². The van der Waals surface area contributed by atoms with Gasteiger partial charge in [0.1, 0.15) is 18.3 Å². The molecule has 1 amide bonds. The van der Waals surface area contributed by atoms with Gasteiger partial charge in [-0.3, -0.25) is 9.59 Å². The van der Waals surface area contributed by atoms with Crippen molar-refractivity contribution in [2.75, 3.05) is 20.2 Å². The number of nitriles is 1. The third-order valence-corrected chi connectivity index (χ3v) is 2.44. The van der Waals surface area contributed by atoms with Crippen molar-refractivity contribution in [2.45, 2.75) is 13.8 Å². The number of likely N-dealkylation sites (N-methyl/N-ethyl adjacent to an activating group) is 1. The first-order chi connectivity index (χ1) is 8.99. The number of carbonyl (C=O) groups is 2. The number of rotatable bonds is 4. The molecule has 0 aliphatic carbocycles. The Bertz CT molecular complexity index is 534. The minimum Gasteiger partial charge on any atom is -0.465 e. The Labute approximate surface area is 111 Å². The summed E-state index contributed by atoms with van der Waals surface area (Å²) in [7, 11) is 1.49. The Morgan fingerprint density at radius 2 is 2.16 bits per heavy atom. The molecule has 0 saturated heterocycles. The lowest BCUT2D eigenvalue weighted by atomic mass is 10.2. The maximum Gasteiger partial charge on any atom is 0.325 e. The molecule has 0 spiro atoms. The molecule has 0 saturated carbocycles. The first-order valence-electron chi connectivity index (χ1n) is 5.78. The zero-order valence-corrected chi connectivity index (χ0v) is 11.1. The van der Waals surface area contributed by atoms with E-state index >= 15 is 0 Å². The number of aryl methyl sites for hydroxylation is 1. The van der Waals surface area contributed by atoms with E-state index < -0.39 is 5.97 Å². The zero-order chi connectivity index (χ0) is 14.4. The molecule has 0 fully saturated rings. The molecule has 6 nitrogen and oxygen atoms in total. The van der Waals surface area contributed by atoms with Gasteiger partial charge in [0.2, 0.25) is 0 Å². The molecule has 0 aromatic carbocycles. The van der Waals surface area contributed by atoms with Crippen LogP contribution in [0.25, 0.3) is 0 Å². The van der Waals surface area contributed by atoms with Crippen molar-refractivity contribution in [3.8, 4) is 6.07 Å². The summed E-state index contributed by atoms with van der Waals surface area (Å²) in [5.74, 6) is -0.857. The van der Waals surface area contributed by atoms with Gasteiger partial charge in [0.15, 0.2) is 0 Å². The van der Waals surface area contributed by atoms with Gasteiger partial charge in [0, 0.05) is 7.05 Å². The van der Waals surface area contributed by atoms with E-state index in [9.17, 15) is 9.59 Å². The van der Waals surface area contributed by atoms with Crippen LogP contribution in [0.3, 0.4) is 0 Å². The van der Waals surface area contributed by atoms with Crippen molar-refractivity contribution in [3.05, 3.63) is 29.1 Å². The Kier molecular flexibility index (Phi) is 5.01. The van der Waals surface area contributed by atoms with E-state index in [1.807, 2.05) is 6.07 Å². The summed E-state index contributed by atoms with van der Waals surface area (Å²) < 4.78 is 4.76. The quantitative estimate of drug-likeness (QED) is 0.752. The van der Waals surface area contributed by atoms with E-state index in [2.05, 4.69) is 4.98 Å². The predicted octanol–water partition coefficient (Wildman–Crippen LogP) is 0.897. The van der Waals surface area contributed by atoms with Gasteiger partial charge in [-0.15, -0.1) is 0 Å². The molecule has 0 bridgehead atoms. The van der Waals surface area contributed by atoms with Crippen molar-refractivity contribution >= 4 is 11.9 Å². The second kappa shape index (κ2) is 6.50. The number of aromatic nitrogens is 1. The summed E-state index contributed by atoms with van der Waals surface area (Å²) in [5.41, 5.74) is 1.10. The Hall–Kier alpha value is -2.42. The van der Waals surface area contributed by atoms with Crippen LogP contribution in [0.15, 0.2) is 12.1 Å². The second-order valence-electron chi connectivity index (χ2n) is 3.91. The molecular formula is C13H15N3O3. The SMILES string of the molecule is CCOC(=O)CN(C)C(=O)c1ccc(C#N)c(C)n1. The lowest BCUT2D eigenvalue weighted by Gasteiger charge is -2.15. The van der Waals surface area contributed by atoms with Crippen molar-refractivity contribution in [1.29, 1.82) is 5.26 Å². The van der Waals surface area contributed by atoms with Gasteiger partial charge in [-0.2, -0.15) is 5.26 Å². The molecule has 0 aliphatic heterocycles. The van der Waals surface area contributed by atoms with Crippen LogP contribution >= 0.6 is 0 Å². The van der Waals surface area contributed by atoms with Crippen molar-refractivity contribution in [2.24, 2.45) is 0 Å². The van der Waals surface area contributed by atoms with Crippen molar-refractivity contribution in [3.63, 3.8) is 0 Å². The number of esters is 1. The van der Waals surface area contributed by atoms with Crippen molar-refractivity contribution in [1.82, 2.24) is 9.88 Å². The van der Waals surface area contributed by atoms with Gasteiger partial charge in [0.05, 0.1) is 17.9 Å². The summed E-state index contributed by atoms with van der Waals surface area (Å²) in [6.45, 7) is 3.49. The molecule has 19 heavy (non-hydrogen) atoms. The van der Waals surface area contributed by atoms with E-state index in [0.29, 0.717) is 11.3 Å². The molecule has 0 radical (unpaired) electrons. The molecular weight excluding hydrogens is 246 g/mol. The summed E-state index contributed by atoms with van der Waals surface area (Å²) >= 11 is 0. The van der Waals surface area contributed by atoms with Crippen LogP contribution in [0.1, 0.15) is 28.7 Å². The van der Waals surface area contributed by atoms with Crippen LogP contribution in [0.4, 0.5) is 0 Å². The largest absolute Gasteiger partial charge is 0.465 e. The van der Waals surface area contributed by atoms with Crippen molar-refractivity contribution < 1.29 is 14.3 Å². The Morgan fingerprint density at radius 3 is 2.68 bits per heavy atom. The zero-order valence-electron chi connectivity index (χ0n) is 11.1. The normalized spacial score (nSPS) is 9.58. The minimum absolute atomic E-state index is 0.132. The maximum absolute atomic E-state index is 12.0. The van der Waals surface area contributed by atoms with Gasteiger partial charge in [-0.05, 0) is 26.0 Å². The van der Waals surface area contributed by atoms with Gasteiger partial charge in [0.25, 0.3) is 5.91 Å². The number of amides is 1. The summed E-state index contributed by atoms with van der Waals surface area (Å²) in [6, 6.07) is 4.98. The molecule has 1 aromatic heterocycles. The van der Waals surface area contributed by atoms with Crippen LogP contribution < -0.4 is 0 Å². The molecule has 6 heteroatoms. The number of pyridine rings is 1. The van der Waals surface area contributed by atoms with E-state index in [0.717, 1.165) is 0 Å². The summed E-state index contributed by atoms with van der Waals surface area (Å²) in [6.07, 6.45) is 0. The highest BCUT2D eigenvalue weighted by atomic mass is 16.5. The third-order valence-electron chi connectivity index (χ3n) is 2.44.